The van der Waals surface area contributed by atoms with Gasteiger partial charge in [-0.1, -0.05) is 143 Å². The minimum atomic E-state index is -1.52. The minimum absolute atomic E-state index is 0.00934. The van der Waals surface area contributed by atoms with Crippen LogP contribution in [0.1, 0.15) is 154 Å². The minimum Gasteiger partial charge on any atom is -0.459 e. The van der Waals surface area contributed by atoms with Crippen LogP contribution >= 0.6 is 0 Å². The second kappa shape index (κ2) is 27.2. The lowest BCUT2D eigenvalue weighted by Gasteiger charge is -2.60. The van der Waals surface area contributed by atoms with Crippen LogP contribution in [-0.2, 0) is 20.9 Å². The summed E-state index contributed by atoms with van der Waals surface area (Å²) in [5.41, 5.74) is 2.66. The van der Waals surface area contributed by atoms with E-state index >= 15 is 4.79 Å². The maximum Gasteiger partial charge on any atom is 0.410 e. The summed E-state index contributed by atoms with van der Waals surface area (Å²) in [5.74, 6) is -1.08. The van der Waals surface area contributed by atoms with Crippen molar-refractivity contribution >= 4 is 28.3 Å². The van der Waals surface area contributed by atoms with Crippen molar-refractivity contribution in [2.45, 2.75) is 167 Å². The summed E-state index contributed by atoms with van der Waals surface area (Å²) in [6, 6.07) is 25.3. The molecular formula is C61H81N3O10. The third-order valence-electron chi connectivity index (χ3n) is 14.9. The van der Waals surface area contributed by atoms with Gasteiger partial charge in [0, 0.05) is 37.2 Å². The Bertz CT molecular complexity index is 2530. The number of fused-ring (bicyclic) bond motifs is 3. The molecule has 0 radical (unpaired) electrons. The van der Waals surface area contributed by atoms with Crippen LogP contribution in [0.5, 0.6) is 17.2 Å². The number of unbranched alkanes of at least 4 members (excludes halogenated alkanes) is 11. The van der Waals surface area contributed by atoms with E-state index in [9.17, 15) is 20.3 Å². The number of nitro groups is 1. The van der Waals surface area contributed by atoms with E-state index in [1.807, 2.05) is 51.1 Å². The second-order valence-electron chi connectivity index (χ2n) is 21.4. The zero-order chi connectivity index (χ0) is 52.5. The van der Waals surface area contributed by atoms with Gasteiger partial charge in [0.2, 0.25) is 5.79 Å². The number of ether oxygens (including phenoxy) is 4. The van der Waals surface area contributed by atoms with Crippen molar-refractivity contribution < 1.29 is 43.7 Å². The highest BCUT2D eigenvalue weighted by molar-refractivity contribution is 6.03. The molecule has 0 spiro atoms. The number of carbonyl (C=O) groups excluding carboxylic acids is 1. The molecule has 400 valence electrons. The molecule has 7 rings (SSSR count). The lowest BCUT2D eigenvalue weighted by molar-refractivity contribution is -0.384. The number of allylic oxidation sites excluding steroid dienone is 1. The maximum absolute atomic E-state index is 15.4. The average molecular weight is 1020 g/mol. The molecule has 1 aliphatic heterocycles. The second-order valence-corrected chi connectivity index (χ2v) is 21.4. The van der Waals surface area contributed by atoms with Crippen LogP contribution in [0.25, 0.3) is 10.8 Å². The van der Waals surface area contributed by atoms with Gasteiger partial charge in [0.15, 0.2) is 0 Å². The van der Waals surface area contributed by atoms with Gasteiger partial charge in [-0.2, -0.15) is 0 Å². The number of carbonyl (C=O) groups is 1. The highest BCUT2D eigenvalue weighted by Gasteiger charge is 2.66. The van der Waals surface area contributed by atoms with Crippen molar-refractivity contribution in [2.75, 3.05) is 26.4 Å². The first kappa shape index (κ1) is 56.0. The average Bonchev–Trinajstić information content (AvgIpc) is 3.43. The van der Waals surface area contributed by atoms with Gasteiger partial charge in [0.1, 0.15) is 28.9 Å². The summed E-state index contributed by atoms with van der Waals surface area (Å²) in [6.45, 7) is 12.9. The molecule has 0 bridgehead atoms. The first-order chi connectivity index (χ1) is 35.9. The van der Waals surface area contributed by atoms with Gasteiger partial charge in [0.25, 0.3) is 5.69 Å². The van der Waals surface area contributed by atoms with Crippen molar-refractivity contribution in [2.24, 2.45) is 22.9 Å². The molecule has 0 saturated heterocycles. The predicted molar refractivity (Wildman–Crippen MR) is 292 cm³/mol. The van der Waals surface area contributed by atoms with Crippen molar-refractivity contribution in [1.82, 2.24) is 4.90 Å². The number of rotatable bonds is 29. The molecule has 3 aliphatic rings. The lowest BCUT2D eigenvalue weighted by Crippen LogP contribution is -2.70. The molecule has 4 aromatic carbocycles. The Morgan fingerprint density at radius 1 is 0.865 bits per heavy atom. The quantitative estimate of drug-likeness (QED) is 0.0232. The third-order valence-corrected chi connectivity index (χ3v) is 14.9. The number of non-ortho nitro benzene ring substituents is 1. The zero-order valence-electron chi connectivity index (χ0n) is 44.4. The van der Waals surface area contributed by atoms with E-state index in [1.165, 1.54) is 57.1 Å². The molecule has 2 aliphatic carbocycles. The molecule has 74 heavy (non-hydrogen) atoms. The van der Waals surface area contributed by atoms with Crippen LogP contribution in [0.2, 0.25) is 0 Å². The largest absolute Gasteiger partial charge is 0.459 e. The van der Waals surface area contributed by atoms with E-state index in [1.54, 1.807) is 29.2 Å². The molecule has 13 nitrogen and oxygen atoms in total. The van der Waals surface area contributed by atoms with Crippen molar-refractivity contribution in [3.8, 4) is 17.2 Å². The van der Waals surface area contributed by atoms with E-state index in [0.29, 0.717) is 35.8 Å². The molecule has 1 amide bonds. The van der Waals surface area contributed by atoms with Gasteiger partial charge in [-0.25, -0.2) is 4.79 Å². The number of aliphatic hydroxyl groups excluding tert-OH is 2. The highest BCUT2D eigenvalue weighted by Crippen LogP contribution is 2.62. The fourth-order valence-electron chi connectivity index (χ4n) is 11.4. The smallest absolute Gasteiger partial charge is 0.410 e. The molecule has 1 fully saturated rings. The maximum atomic E-state index is 15.4. The Labute approximate surface area is 439 Å². The Kier molecular flexibility index (Phi) is 20.5. The standard InChI is InChI=1S/C61H81N3O10/c1-6-8-9-10-11-12-13-14-15-22-38-70-59(67)63(43-46-28-23-27-44-25-16-17-31-50(44)46)56-42-54(62-74-60(3,4)5)52-39-45(26-18-20-35-65)51(32-19-21-36-66)57-53-41-49(72-48-30-24-29-47(40-48)64(68)69)33-34-55(53)73-61(56,58(52)57)71-37-7-2/h7,16-17,23-25,27-31,33-34,39-41,45,51,56-58,65-66H,2,6,8-15,18-22,26,32,35-38,42-43H2,1,3-5H3/t45-,51+,56-,57+,58+,61+/m0/s1. The first-order valence-electron chi connectivity index (χ1n) is 27.5. The number of nitro benzene ring substituents is 1. The number of amides is 1. The van der Waals surface area contributed by atoms with E-state index in [-0.39, 0.29) is 62.8 Å². The highest BCUT2D eigenvalue weighted by atomic mass is 16.7. The van der Waals surface area contributed by atoms with Crippen molar-refractivity contribution in [3.63, 3.8) is 0 Å². The number of benzene rings is 4. The van der Waals surface area contributed by atoms with E-state index in [0.717, 1.165) is 72.4 Å². The third kappa shape index (κ3) is 14.1. The first-order valence-corrected chi connectivity index (χ1v) is 27.5. The summed E-state index contributed by atoms with van der Waals surface area (Å²) in [7, 11) is 0. The van der Waals surface area contributed by atoms with E-state index < -0.39 is 34.4 Å². The Hall–Kier alpha value is -5.76. The molecule has 0 unspecified atom stereocenters. The summed E-state index contributed by atoms with van der Waals surface area (Å²) < 4.78 is 27.6. The summed E-state index contributed by atoms with van der Waals surface area (Å²) >= 11 is 0. The topological polar surface area (TPSA) is 162 Å². The molecule has 4 aromatic rings. The van der Waals surface area contributed by atoms with Gasteiger partial charge in [-0.3, -0.25) is 15.0 Å². The zero-order valence-corrected chi connectivity index (χ0v) is 44.4. The molecule has 1 heterocycles. The monoisotopic (exact) mass is 1020 g/mol. The van der Waals surface area contributed by atoms with Crippen LogP contribution < -0.4 is 9.47 Å². The lowest BCUT2D eigenvalue weighted by atomic mass is 9.55. The molecular weight excluding hydrogens is 935 g/mol. The number of hydrogen-bond acceptors (Lipinski definition) is 11. The number of oxime groups is 1. The molecule has 13 heteroatoms. The summed E-state index contributed by atoms with van der Waals surface area (Å²) in [6.07, 6.45) is 19.7. The van der Waals surface area contributed by atoms with E-state index in [2.05, 4.69) is 43.8 Å². The summed E-state index contributed by atoms with van der Waals surface area (Å²) in [4.78, 5) is 34.9. The van der Waals surface area contributed by atoms with Gasteiger partial charge < -0.3 is 34.0 Å². The molecule has 2 N–H and O–H groups in total. The number of nitrogens with zero attached hydrogens (tertiary/aromatic N) is 3. The SMILES string of the molecule is C=CCO[C@@]12Oc3ccc(Oc4cccc([N+](=O)[O-])c4)cc3[C@H]3[C@H](CCCCO)[C@@H](CCCCO)C=C(C(=NOC(C)(C)C)C[C@@H]1N(Cc1cccc4ccccc14)C(=O)OCCCCCCCCCCCC)[C@H]32. The van der Waals surface area contributed by atoms with Crippen LogP contribution in [-0.4, -0.2) is 75.7 Å². The van der Waals surface area contributed by atoms with E-state index in [4.69, 9.17) is 28.9 Å². The Balaban J connectivity index is 1.37. The van der Waals surface area contributed by atoms with Crippen LogP contribution in [0.3, 0.4) is 0 Å². The van der Waals surface area contributed by atoms with Crippen molar-refractivity contribution in [3.05, 3.63) is 130 Å². The fraction of sp³-hybridized carbons (Fsp3) is 0.541. The number of hydrogen-bond donors (Lipinski definition) is 2. The van der Waals surface area contributed by atoms with Gasteiger partial charge in [-0.15, -0.1) is 6.58 Å². The van der Waals surface area contributed by atoms with Gasteiger partial charge >= 0.3 is 6.09 Å². The molecule has 1 saturated carbocycles. The van der Waals surface area contributed by atoms with Crippen molar-refractivity contribution in [1.29, 1.82) is 0 Å². The Morgan fingerprint density at radius 2 is 1.55 bits per heavy atom. The van der Waals surface area contributed by atoms with Crippen LogP contribution in [0, 0.1) is 27.9 Å². The Morgan fingerprint density at radius 3 is 2.27 bits per heavy atom. The molecule has 6 atom stereocenters. The van der Waals surface area contributed by atoms with Gasteiger partial charge in [-0.05, 0) is 111 Å². The van der Waals surface area contributed by atoms with Crippen LogP contribution in [0.15, 0.2) is 114 Å². The van der Waals surface area contributed by atoms with Crippen LogP contribution in [0.4, 0.5) is 10.5 Å². The predicted octanol–water partition coefficient (Wildman–Crippen LogP) is 14.5. The molecule has 0 aromatic heterocycles. The normalized spacial score (nSPS) is 21.5. The summed E-state index contributed by atoms with van der Waals surface area (Å²) in [5, 5.41) is 39.1. The number of aliphatic hydroxyl groups is 2. The van der Waals surface area contributed by atoms with Gasteiger partial charge in [0.05, 0.1) is 42.4 Å². The fourth-order valence-corrected chi connectivity index (χ4v) is 11.4.